The first-order chi connectivity index (χ1) is 26.4. The van der Waals surface area contributed by atoms with Crippen molar-refractivity contribution in [3.8, 4) is 23.0 Å². The lowest BCUT2D eigenvalue weighted by Crippen LogP contribution is -2.40. The number of ether oxygens (including phenoxy) is 2. The summed E-state index contributed by atoms with van der Waals surface area (Å²) < 4.78 is 39.8. The standard InChI is InChI=1S/C24H31NO4.C23H29F2NO2/c1-23(2,3)29-21-13-16(9-10-20(21)26)11-12-24(4,5)25-14-17-7-6-8-18(22(27)28)19(17)15-25;1-22(2,3)28-21-12-15(6-9-20(21)27)10-11-23(4,5)26-13-16-17(14-26)19(25)8-7-18(16)24/h6-10,13,26H,11-12,14-15H2,1-5H3,(H,27,28);6-9,12,27H,10-11,13-14H2,1-5H3. The van der Waals surface area contributed by atoms with Gasteiger partial charge in [0.25, 0.3) is 0 Å². The molecule has 2 heterocycles. The van der Waals surface area contributed by atoms with Gasteiger partial charge in [-0.2, -0.15) is 0 Å². The fourth-order valence-corrected chi connectivity index (χ4v) is 7.36. The summed E-state index contributed by atoms with van der Waals surface area (Å²) in [5.74, 6) is -0.280. The average Bonchev–Trinajstić information content (AvgIpc) is 3.77. The summed E-state index contributed by atoms with van der Waals surface area (Å²) in [6.45, 7) is 22.5. The van der Waals surface area contributed by atoms with Crippen LogP contribution < -0.4 is 9.47 Å². The number of aryl methyl sites for hydroxylation is 2. The van der Waals surface area contributed by atoms with Gasteiger partial charge in [0.2, 0.25) is 0 Å². The fraction of sp³-hybridized carbons (Fsp3) is 0.468. The van der Waals surface area contributed by atoms with Crippen LogP contribution in [0.4, 0.5) is 8.78 Å². The van der Waals surface area contributed by atoms with E-state index in [2.05, 4.69) is 37.5 Å². The van der Waals surface area contributed by atoms with Gasteiger partial charge in [-0.3, -0.25) is 9.80 Å². The Hall–Kier alpha value is -4.67. The van der Waals surface area contributed by atoms with E-state index in [1.54, 1.807) is 18.2 Å². The topological polar surface area (TPSA) is 103 Å². The van der Waals surface area contributed by atoms with Crippen molar-refractivity contribution < 1.29 is 38.4 Å². The van der Waals surface area contributed by atoms with Crippen molar-refractivity contribution in [3.63, 3.8) is 0 Å². The molecule has 4 aromatic carbocycles. The van der Waals surface area contributed by atoms with Crippen LogP contribution in [0.15, 0.2) is 66.7 Å². The molecule has 2 aliphatic heterocycles. The van der Waals surface area contributed by atoms with E-state index in [1.165, 1.54) is 12.1 Å². The summed E-state index contributed by atoms with van der Waals surface area (Å²) >= 11 is 0. The molecule has 0 spiro atoms. The molecule has 8 nitrogen and oxygen atoms in total. The number of hydrogen-bond acceptors (Lipinski definition) is 7. The van der Waals surface area contributed by atoms with E-state index in [4.69, 9.17) is 9.47 Å². The quantitative estimate of drug-likeness (QED) is 0.138. The molecule has 0 aromatic heterocycles. The third kappa shape index (κ3) is 11.0. The number of carboxylic acids is 1. The lowest BCUT2D eigenvalue weighted by molar-refractivity contribution is 0.0692. The maximum Gasteiger partial charge on any atom is 0.336 e. The molecular weight excluding hydrogens is 727 g/mol. The van der Waals surface area contributed by atoms with Gasteiger partial charge in [0.15, 0.2) is 23.0 Å². The second kappa shape index (κ2) is 16.7. The molecule has 10 heteroatoms. The highest BCUT2D eigenvalue weighted by Gasteiger charge is 2.35. The zero-order valence-corrected chi connectivity index (χ0v) is 35.2. The molecule has 0 saturated heterocycles. The number of phenols is 2. The number of halogens is 2. The van der Waals surface area contributed by atoms with Crippen LogP contribution in [0.3, 0.4) is 0 Å². The average molecular weight is 787 g/mol. The SMILES string of the molecule is CC(C)(C)Oc1cc(CCC(C)(C)N2Cc3c(F)ccc(F)c3C2)ccc1O.CC(C)(C)Oc1cc(CCC(C)(C)N2Cc3cccc(C(=O)O)c3C2)ccc1O. The van der Waals surface area contributed by atoms with Crippen LogP contribution in [0.5, 0.6) is 23.0 Å². The van der Waals surface area contributed by atoms with Gasteiger partial charge in [-0.05, 0) is 160 Å². The Morgan fingerprint density at radius 3 is 1.46 bits per heavy atom. The van der Waals surface area contributed by atoms with Gasteiger partial charge in [-0.15, -0.1) is 0 Å². The fourth-order valence-electron chi connectivity index (χ4n) is 7.36. The normalized spacial score (nSPS) is 14.8. The molecule has 0 unspecified atom stereocenters. The highest BCUT2D eigenvalue weighted by atomic mass is 19.1. The molecular formula is C47H60F2N2O6. The Morgan fingerprint density at radius 2 is 1.04 bits per heavy atom. The summed E-state index contributed by atoms with van der Waals surface area (Å²) in [6.07, 6.45) is 3.32. The first-order valence-electron chi connectivity index (χ1n) is 19.7. The Kier molecular flexibility index (Phi) is 12.7. The second-order valence-corrected chi connectivity index (χ2v) is 18.6. The Balaban J connectivity index is 0.000000218. The smallest absolute Gasteiger partial charge is 0.336 e. The van der Waals surface area contributed by atoms with Crippen molar-refractivity contribution in [1.29, 1.82) is 0 Å². The summed E-state index contributed by atoms with van der Waals surface area (Å²) in [5, 5.41) is 29.6. The molecule has 0 fully saturated rings. The Bertz CT molecular complexity index is 2050. The number of aromatic carboxylic acids is 1. The van der Waals surface area contributed by atoms with E-state index >= 15 is 0 Å². The molecule has 3 N–H and O–H groups in total. The number of fused-ring (bicyclic) bond motifs is 2. The van der Waals surface area contributed by atoms with Crippen molar-refractivity contribution in [2.75, 3.05) is 0 Å². The van der Waals surface area contributed by atoms with E-state index in [-0.39, 0.29) is 39.8 Å². The molecule has 4 aromatic rings. The van der Waals surface area contributed by atoms with Crippen LogP contribution >= 0.6 is 0 Å². The number of phenolic OH excluding ortho intramolecular Hbond substituents is 2. The minimum atomic E-state index is -0.864. The number of aromatic hydroxyl groups is 2. The second-order valence-electron chi connectivity index (χ2n) is 18.6. The molecule has 0 saturated carbocycles. The van der Waals surface area contributed by atoms with Crippen LogP contribution in [0.1, 0.15) is 126 Å². The summed E-state index contributed by atoms with van der Waals surface area (Å²) in [7, 11) is 0. The van der Waals surface area contributed by atoms with E-state index in [1.807, 2.05) is 77.9 Å². The van der Waals surface area contributed by atoms with Crippen molar-refractivity contribution in [3.05, 3.63) is 117 Å². The third-order valence-corrected chi connectivity index (χ3v) is 10.9. The number of benzene rings is 4. The summed E-state index contributed by atoms with van der Waals surface area (Å²) in [4.78, 5) is 16.0. The summed E-state index contributed by atoms with van der Waals surface area (Å²) in [5.41, 5.74) is 4.43. The van der Waals surface area contributed by atoms with Crippen LogP contribution in [0.2, 0.25) is 0 Å². The molecule has 0 aliphatic carbocycles. The van der Waals surface area contributed by atoms with Gasteiger partial charge < -0.3 is 24.8 Å². The van der Waals surface area contributed by atoms with E-state index in [0.29, 0.717) is 47.8 Å². The molecule has 2 aliphatic rings. The van der Waals surface area contributed by atoms with Crippen molar-refractivity contribution in [1.82, 2.24) is 9.80 Å². The van der Waals surface area contributed by atoms with Crippen LogP contribution in [-0.4, -0.2) is 53.4 Å². The number of rotatable bonds is 11. The Labute approximate surface area is 337 Å². The first-order valence-corrected chi connectivity index (χ1v) is 19.7. The van der Waals surface area contributed by atoms with Gasteiger partial charge in [-0.25, -0.2) is 13.6 Å². The number of nitrogens with zero attached hydrogens (tertiary/aromatic N) is 2. The van der Waals surface area contributed by atoms with Gasteiger partial charge in [0.1, 0.15) is 22.8 Å². The van der Waals surface area contributed by atoms with Gasteiger partial charge in [0.05, 0.1) is 5.56 Å². The van der Waals surface area contributed by atoms with E-state index < -0.39 is 11.6 Å². The predicted molar refractivity (Wildman–Crippen MR) is 220 cm³/mol. The van der Waals surface area contributed by atoms with Crippen molar-refractivity contribution >= 4 is 5.97 Å². The van der Waals surface area contributed by atoms with Crippen LogP contribution in [0, 0.1) is 11.6 Å². The highest BCUT2D eigenvalue weighted by Crippen LogP contribution is 2.38. The van der Waals surface area contributed by atoms with Crippen LogP contribution in [0.25, 0.3) is 0 Å². The first kappa shape index (κ1) is 43.5. The molecule has 57 heavy (non-hydrogen) atoms. The van der Waals surface area contributed by atoms with Crippen LogP contribution in [-0.2, 0) is 39.0 Å². The van der Waals surface area contributed by atoms with E-state index in [9.17, 15) is 28.9 Å². The molecule has 0 atom stereocenters. The minimum Gasteiger partial charge on any atom is -0.504 e. The number of hydrogen-bond donors (Lipinski definition) is 3. The van der Waals surface area contributed by atoms with Crippen molar-refractivity contribution in [2.45, 2.75) is 143 Å². The molecule has 6 rings (SSSR count). The van der Waals surface area contributed by atoms with Gasteiger partial charge >= 0.3 is 5.97 Å². The number of carbonyl (C=O) groups is 1. The molecule has 308 valence electrons. The molecule has 0 amide bonds. The third-order valence-electron chi connectivity index (χ3n) is 10.9. The maximum atomic E-state index is 14.1. The Morgan fingerprint density at radius 1 is 0.614 bits per heavy atom. The van der Waals surface area contributed by atoms with Gasteiger partial charge in [0, 0.05) is 48.4 Å². The lowest BCUT2D eigenvalue weighted by Gasteiger charge is -2.35. The monoisotopic (exact) mass is 786 g/mol. The van der Waals surface area contributed by atoms with Gasteiger partial charge in [-0.1, -0.05) is 24.3 Å². The number of carboxylic acid groups (broad SMARTS) is 1. The zero-order valence-electron chi connectivity index (χ0n) is 35.2. The lowest BCUT2D eigenvalue weighted by atomic mass is 9.93. The highest BCUT2D eigenvalue weighted by molar-refractivity contribution is 5.90. The minimum absolute atomic E-state index is 0.0995. The summed E-state index contributed by atoms with van der Waals surface area (Å²) in [6, 6.07) is 18.9. The largest absolute Gasteiger partial charge is 0.504 e. The molecule has 0 radical (unpaired) electrons. The zero-order chi connectivity index (χ0) is 42.1. The predicted octanol–water partition coefficient (Wildman–Crippen LogP) is 10.6. The maximum absolute atomic E-state index is 14.1. The van der Waals surface area contributed by atoms with Crippen molar-refractivity contribution in [2.24, 2.45) is 0 Å². The van der Waals surface area contributed by atoms with E-state index in [0.717, 1.165) is 54.5 Å². The molecule has 0 bridgehead atoms.